The number of anilines is 2. The fourth-order valence-electron chi connectivity index (χ4n) is 2.79. The molecule has 1 aliphatic rings. The van der Waals surface area contributed by atoms with Crippen LogP contribution in [0.2, 0.25) is 5.02 Å². The number of aromatic nitrogens is 1. The molecule has 0 spiro atoms. The number of benzene rings is 1. The van der Waals surface area contributed by atoms with Crippen LogP contribution in [0.5, 0.6) is 0 Å². The van der Waals surface area contributed by atoms with Gasteiger partial charge in [-0.05, 0) is 30.3 Å². The minimum atomic E-state index is -0.792. The minimum Gasteiger partial charge on any atom is -0.402 e. The number of pyridine rings is 1. The molecule has 2 aromatic heterocycles. The highest BCUT2D eigenvalue weighted by Gasteiger charge is 2.37. The highest BCUT2D eigenvalue weighted by molar-refractivity contribution is 6.30. The molecule has 0 fully saturated rings. The van der Waals surface area contributed by atoms with Gasteiger partial charge in [-0.25, -0.2) is 4.98 Å². The molecule has 3 heterocycles. The Morgan fingerprint density at radius 1 is 1.19 bits per heavy atom. The van der Waals surface area contributed by atoms with Crippen molar-refractivity contribution in [3.8, 4) is 0 Å². The lowest BCUT2D eigenvalue weighted by molar-refractivity contribution is -0.402. The van der Waals surface area contributed by atoms with Gasteiger partial charge >= 0.3 is 5.88 Å². The number of carbonyl (C=O) groups is 1. The first kappa shape index (κ1) is 16.1. The lowest BCUT2D eigenvalue weighted by Gasteiger charge is -2.35. The molecule has 0 aliphatic carbocycles. The summed E-state index contributed by atoms with van der Waals surface area (Å²) in [5, 5.41) is 14.5. The first-order chi connectivity index (χ1) is 12.5. The third kappa shape index (κ3) is 2.66. The van der Waals surface area contributed by atoms with Crippen molar-refractivity contribution in [1.29, 1.82) is 0 Å². The number of halogens is 1. The normalized spacial score (nSPS) is 16.1. The van der Waals surface area contributed by atoms with E-state index < -0.39 is 17.0 Å². The number of hydrogen-bond donors (Lipinski definition) is 1. The van der Waals surface area contributed by atoms with Gasteiger partial charge in [-0.3, -0.25) is 19.8 Å². The predicted octanol–water partition coefficient (Wildman–Crippen LogP) is 4.01. The summed E-state index contributed by atoms with van der Waals surface area (Å²) < 4.78 is 5.31. The molecule has 1 aromatic carbocycles. The van der Waals surface area contributed by atoms with E-state index in [1.807, 2.05) is 0 Å². The van der Waals surface area contributed by atoms with Gasteiger partial charge in [0, 0.05) is 11.9 Å². The van der Waals surface area contributed by atoms with Crippen LogP contribution in [0.4, 0.5) is 17.4 Å². The van der Waals surface area contributed by atoms with E-state index in [0.717, 1.165) is 0 Å². The van der Waals surface area contributed by atoms with Crippen LogP contribution < -0.4 is 10.2 Å². The van der Waals surface area contributed by atoms with Crippen molar-refractivity contribution < 1.29 is 14.1 Å². The summed E-state index contributed by atoms with van der Waals surface area (Å²) in [6.07, 6.45) is 0.631. The lowest BCUT2D eigenvalue weighted by atomic mass is 10.1. The van der Waals surface area contributed by atoms with Crippen molar-refractivity contribution in [1.82, 2.24) is 4.98 Å². The van der Waals surface area contributed by atoms with Crippen LogP contribution in [0.25, 0.3) is 0 Å². The number of nitro groups is 1. The zero-order valence-electron chi connectivity index (χ0n) is 13.1. The smallest absolute Gasteiger partial charge is 0.402 e. The average Bonchev–Trinajstić information content (AvgIpc) is 3.13. The molecule has 1 atom stereocenters. The molecule has 1 amide bonds. The van der Waals surface area contributed by atoms with Crippen LogP contribution in [-0.4, -0.2) is 15.8 Å². The monoisotopic (exact) mass is 370 g/mol. The Hall–Kier alpha value is -3.39. The maximum atomic E-state index is 13.1. The summed E-state index contributed by atoms with van der Waals surface area (Å²) in [6, 6.07) is 12.9. The van der Waals surface area contributed by atoms with E-state index in [1.165, 1.54) is 23.2 Å². The number of hydrogen-bond acceptors (Lipinski definition) is 6. The topological polar surface area (TPSA) is 102 Å². The molecule has 1 N–H and O–H groups in total. The third-order valence-corrected chi connectivity index (χ3v) is 4.17. The molecule has 130 valence electrons. The van der Waals surface area contributed by atoms with Crippen molar-refractivity contribution in [2.45, 2.75) is 6.17 Å². The second-order valence-electron chi connectivity index (χ2n) is 5.54. The lowest BCUT2D eigenvalue weighted by Crippen LogP contribution is -2.43. The number of amides is 1. The first-order valence-electron chi connectivity index (χ1n) is 7.59. The Kier molecular flexibility index (Phi) is 3.81. The maximum Gasteiger partial charge on any atom is 0.433 e. The largest absolute Gasteiger partial charge is 0.433 e. The molecule has 4 rings (SSSR count). The molecule has 0 saturated carbocycles. The SMILES string of the molecule is O=C1c2ccccc2N[C@@H](c2ccc([N+](=O)[O-])o2)N1c1ccc(Cl)cn1. The van der Waals surface area contributed by atoms with Crippen LogP contribution >= 0.6 is 11.6 Å². The van der Waals surface area contributed by atoms with E-state index in [0.29, 0.717) is 22.1 Å². The quantitative estimate of drug-likeness (QED) is 0.552. The van der Waals surface area contributed by atoms with Crippen LogP contribution in [-0.2, 0) is 0 Å². The number of nitrogens with one attached hydrogen (secondary N) is 1. The number of carbonyl (C=O) groups excluding carboxylic acids is 1. The molecule has 0 saturated heterocycles. The number of fused-ring (bicyclic) bond motifs is 1. The standard InChI is InChI=1S/C17H11ClN4O4/c18-10-5-7-14(19-9-10)21-16(13-6-8-15(26-13)22(24)25)20-12-4-2-1-3-11(12)17(21)23/h1-9,16,20H/t16-/m1/s1. The van der Waals surface area contributed by atoms with Crippen molar-refractivity contribution in [3.63, 3.8) is 0 Å². The van der Waals surface area contributed by atoms with Crippen LogP contribution in [0.15, 0.2) is 59.1 Å². The van der Waals surface area contributed by atoms with Gasteiger partial charge in [0.2, 0.25) is 0 Å². The molecular formula is C17H11ClN4O4. The van der Waals surface area contributed by atoms with E-state index >= 15 is 0 Å². The van der Waals surface area contributed by atoms with E-state index in [1.54, 1.807) is 36.4 Å². The van der Waals surface area contributed by atoms with Gasteiger partial charge in [-0.15, -0.1) is 0 Å². The van der Waals surface area contributed by atoms with Crippen molar-refractivity contribution in [2.75, 3.05) is 10.2 Å². The van der Waals surface area contributed by atoms with E-state index in [9.17, 15) is 14.9 Å². The van der Waals surface area contributed by atoms with E-state index in [2.05, 4.69) is 10.3 Å². The third-order valence-electron chi connectivity index (χ3n) is 3.95. The van der Waals surface area contributed by atoms with E-state index in [-0.39, 0.29) is 11.7 Å². The molecule has 8 nitrogen and oxygen atoms in total. The fraction of sp³-hybridized carbons (Fsp3) is 0.0588. The summed E-state index contributed by atoms with van der Waals surface area (Å²) in [6.45, 7) is 0. The van der Waals surface area contributed by atoms with Gasteiger partial charge in [0.25, 0.3) is 5.91 Å². The van der Waals surface area contributed by atoms with E-state index in [4.69, 9.17) is 16.0 Å². The van der Waals surface area contributed by atoms with Gasteiger partial charge < -0.3 is 9.73 Å². The van der Waals surface area contributed by atoms with Gasteiger partial charge in [-0.1, -0.05) is 23.7 Å². The molecule has 0 radical (unpaired) electrons. The van der Waals surface area contributed by atoms with Crippen molar-refractivity contribution in [3.05, 3.63) is 81.2 Å². The molecule has 0 bridgehead atoms. The highest BCUT2D eigenvalue weighted by Crippen LogP contribution is 2.37. The summed E-state index contributed by atoms with van der Waals surface area (Å²) in [5.74, 6) is -0.155. The summed E-state index contributed by atoms with van der Waals surface area (Å²) in [5.41, 5.74) is 1.06. The van der Waals surface area contributed by atoms with Gasteiger partial charge in [0.05, 0.1) is 16.7 Å². The summed E-state index contributed by atoms with van der Waals surface area (Å²) >= 11 is 5.88. The van der Waals surface area contributed by atoms with Crippen LogP contribution in [0, 0.1) is 10.1 Å². The number of nitrogens with zero attached hydrogens (tertiary/aromatic N) is 3. The second kappa shape index (κ2) is 6.16. The molecule has 3 aromatic rings. The number of rotatable bonds is 3. The maximum absolute atomic E-state index is 13.1. The van der Waals surface area contributed by atoms with Crippen LogP contribution in [0.3, 0.4) is 0 Å². The second-order valence-corrected chi connectivity index (χ2v) is 5.97. The predicted molar refractivity (Wildman–Crippen MR) is 94.2 cm³/mol. The highest BCUT2D eigenvalue weighted by atomic mass is 35.5. The average molecular weight is 371 g/mol. The molecular weight excluding hydrogens is 360 g/mol. The number of para-hydroxylation sites is 1. The Labute approximate surface area is 152 Å². The Morgan fingerprint density at radius 2 is 2.00 bits per heavy atom. The van der Waals surface area contributed by atoms with Gasteiger partial charge in [0.15, 0.2) is 11.9 Å². The van der Waals surface area contributed by atoms with Gasteiger partial charge in [0.1, 0.15) is 10.7 Å². The summed E-state index contributed by atoms with van der Waals surface area (Å²) in [4.78, 5) is 28.9. The fourth-order valence-corrected chi connectivity index (χ4v) is 2.90. The van der Waals surface area contributed by atoms with Gasteiger partial charge in [-0.2, -0.15) is 0 Å². The van der Waals surface area contributed by atoms with Crippen LogP contribution in [0.1, 0.15) is 22.3 Å². The van der Waals surface area contributed by atoms with Crippen molar-refractivity contribution >= 4 is 34.9 Å². The molecule has 9 heteroatoms. The molecule has 1 aliphatic heterocycles. The first-order valence-corrected chi connectivity index (χ1v) is 7.97. The number of furan rings is 1. The summed E-state index contributed by atoms with van der Waals surface area (Å²) in [7, 11) is 0. The molecule has 0 unspecified atom stereocenters. The Balaban J connectivity index is 1.84. The zero-order valence-corrected chi connectivity index (χ0v) is 13.9. The molecule has 26 heavy (non-hydrogen) atoms. The Bertz CT molecular complexity index is 1000. The minimum absolute atomic E-state index is 0.219. The zero-order chi connectivity index (χ0) is 18.3. The Morgan fingerprint density at radius 3 is 2.69 bits per heavy atom. The van der Waals surface area contributed by atoms with Crippen molar-refractivity contribution in [2.24, 2.45) is 0 Å².